The molecule has 0 spiro atoms. The predicted octanol–water partition coefficient (Wildman–Crippen LogP) is 1.80. The average molecular weight is 208 g/mol. The smallest absolute Gasteiger partial charge is 0.123 e. The van der Waals surface area contributed by atoms with Crippen molar-refractivity contribution in [3.05, 3.63) is 29.6 Å². The van der Waals surface area contributed by atoms with Gasteiger partial charge in [-0.2, -0.15) is 0 Å². The fourth-order valence-electron chi connectivity index (χ4n) is 2.29. The standard InChI is InChI=1S/C12H17FN2/c1-14-8-11-5-3-9-7-10(13)4-6-12(9)15(11)2/h4,6-7,11,14H,3,5,8H2,1-2H3. The fraction of sp³-hybridized carbons (Fsp3) is 0.500. The zero-order chi connectivity index (χ0) is 10.8. The first-order valence-corrected chi connectivity index (χ1v) is 5.38. The quantitative estimate of drug-likeness (QED) is 0.797. The molecule has 0 saturated heterocycles. The number of hydrogen-bond donors (Lipinski definition) is 1. The minimum atomic E-state index is -0.130. The molecule has 1 unspecified atom stereocenters. The third-order valence-electron chi connectivity index (χ3n) is 3.16. The molecule has 0 bridgehead atoms. The van der Waals surface area contributed by atoms with E-state index in [1.165, 1.54) is 11.8 Å². The summed E-state index contributed by atoms with van der Waals surface area (Å²) in [6, 6.07) is 5.60. The first-order valence-electron chi connectivity index (χ1n) is 5.38. The van der Waals surface area contributed by atoms with E-state index in [1.807, 2.05) is 13.1 Å². The topological polar surface area (TPSA) is 15.3 Å². The highest BCUT2D eigenvalue weighted by atomic mass is 19.1. The zero-order valence-corrected chi connectivity index (χ0v) is 9.26. The van der Waals surface area contributed by atoms with Gasteiger partial charge in [0.05, 0.1) is 0 Å². The molecule has 1 heterocycles. The summed E-state index contributed by atoms with van der Waals surface area (Å²) in [4.78, 5) is 2.24. The second-order valence-corrected chi connectivity index (χ2v) is 4.13. The van der Waals surface area contributed by atoms with Crippen molar-refractivity contribution in [1.82, 2.24) is 5.32 Å². The average Bonchev–Trinajstić information content (AvgIpc) is 2.22. The second kappa shape index (κ2) is 4.19. The number of aryl methyl sites for hydroxylation is 1. The number of benzene rings is 1. The molecule has 2 rings (SSSR count). The Kier molecular flexibility index (Phi) is 2.91. The van der Waals surface area contributed by atoms with Crippen LogP contribution in [0.5, 0.6) is 0 Å². The van der Waals surface area contributed by atoms with Crippen molar-refractivity contribution in [1.29, 1.82) is 0 Å². The number of halogens is 1. The lowest BCUT2D eigenvalue weighted by molar-refractivity contribution is 0.526. The fourth-order valence-corrected chi connectivity index (χ4v) is 2.29. The molecule has 1 atom stereocenters. The van der Waals surface area contributed by atoms with Crippen LogP contribution in [0, 0.1) is 5.82 Å². The van der Waals surface area contributed by atoms with E-state index in [1.54, 1.807) is 6.07 Å². The Bertz CT molecular complexity index is 351. The van der Waals surface area contributed by atoms with Gasteiger partial charge in [0, 0.05) is 25.3 Å². The lowest BCUT2D eigenvalue weighted by Crippen LogP contribution is -2.42. The number of nitrogens with one attached hydrogen (secondary N) is 1. The minimum Gasteiger partial charge on any atom is -0.370 e. The Labute approximate surface area is 90.1 Å². The highest BCUT2D eigenvalue weighted by Crippen LogP contribution is 2.29. The van der Waals surface area contributed by atoms with E-state index in [9.17, 15) is 4.39 Å². The maximum atomic E-state index is 13.0. The number of likely N-dealkylation sites (N-methyl/N-ethyl adjacent to an activating group) is 2. The SMILES string of the molecule is CNCC1CCc2cc(F)ccc2N1C. The van der Waals surface area contributed by atoms with Crippen molar-refractivity contribution in [2.45, 2.75) is 18.9 Å². The summed E-state index contributed by atoms with van der Waals surface area (Å²) < 4.78 is 13.0. The third kappa shape index (κ3) is 1.97. The maximum absolute atomic E-state index is 13.0. The van der Waals surface area contributed by atoms with Crippen LogP contribution in [0.15, 0.2) is 18.2 Å². The molecule has 0 radical (unpaired) electrons. The molecule has 0 aliphatic carbocycles. The van der Waals surface area contributed by atoms with Gasteiger partial charge in [-0.25, -0.2) is 4.39 Å². The monoisotopic (exact) mass is 208 g/mol. The van der Waals surface area contributed by atoms with E-state index in [0.29, 0.717) is 6.04 Å². The van der Waals surface area contributed by atoms with Crippen molar-refractivity contribution in [2.24, 2.45) is 0 Å². The number of rotatable bonds is 2. The van der Waals surface area contributed by atoms with E-state index >= 15 is 0 Å². The van der Waals surface area contributed by atoms with Gasteiger partial charge in [-0.15, -0.1) is 0 Å². The van der Waals surface area contributed by atoms with Crippen molar-refractivity contribution >= 4 is 5.69 Å². The van der Waals surface area contributed by atoms with Crippen LogP contribution in [0.4, 0.5) is 10.1 Å². The van der Waals surface area contributed by atoms with E-state index in [-0.39, 0.29) is 5.82 Å². The van der Waals surface area contributed by atoms with Crippen LogP contribution in [0.3, 0.4) is 0 Å². The van der Waals surface area contributed by atoms with Crippen LogP contribution in [-0.4, -0.2) is 26.7 Å². The number of fused-ring (bicyclic) bond motifs is 1. The number of anilines is 1. The van der Waals surface area contributed by atoms with Crippen LogP contribution >= 0.6 is 0 Å². The van der Waals surface area contributed by atoms with Crippen molar-refractivity contribution in [3.8, 4) is 0 Å². The molecule has 82 valence electrons. The number of hydrogen-bond acceptors (Lipinski definition) is 2. The third-order valence-corrected chi connectivity index (χ3v) is 3.16. The van der Waals surface area contributed by atoms with Gasteiger partial charge in [0.25, 0.3) is 0 Å². The minimum absolute atomic E-state index is 0.130. The molecule has 0 fully saturated rings. The Balaban J connectivity index is 2.26. The molecule has 0 aromatic heterocycles. The molecule has 15 heavy (non-hydrogen) atoms. The van der Waals surface area contributed by atoms with Gasteiger partial charge in [-0.3, -0.25) is 0 Å². The Morgan fingerprint density at radius 1 is 1.53 bits per heavy atom. The summed E-state index contributed by atoms with van der Waals surface area (Å²) in [5.41, 5.74) is 2.30. The Hall–Kier alpha value is -1.09. The van der Waals surface area contributed by atoms with Gasteiger partial charge in [0.1, 0.15) is 5.82 Å². The molecule has 1 aliphatic rings. The molecule has 2 nitrogen and oxygen atoms in total. The summed E-state index contributed by atoms with van der Waals surface area (Å²) in [5, 5.41) is 3.19. The highest BCUT2D eigenvalue weighted by molar-refractivity contribution is 5.56. The van der Waals surface area contributed by atoms with Crippen LogP contribution in [0.25, 0.3) is 0 Å². The molecule has 1 N–H and O–H groups in total. The van der Waals surface area contributed by atoms with Gasteiger partial charge < -0.3 is 10.2 Å². The van der Waals surface area contributed by atoms with E-state index in [2.05, 4.69) is 17.3 Å². The maximum Gasteiger partial charge on any atom is 0.123 e. The molecule has 3 heteroatoms. The molecular weight excluding hydrogens is 191 g/mol. The van der Waals surface area contributed by atoms with Gasteiger partial charge >= 0.3 is 0 Å². The van der Waals surface area contributed by atoms with E-state index in [4.69, 9.17) is 0 Å². The predicted molar refractivity (Wildman–Crippen MR) is 60.8 cm³/mol. The van der Waals surface area contributed by atoms with Crippen molar-refractivity contribution in [2.75, 3.05) is 25.5 Å². The van der Waals surface area contributed by atoms with Crippen LogP contribution in [-0.2, 0) is 6.42 Å². The van der Waals surface area contributed by atoms with Crippen LogP contribution < -0.4 is 10.2 Å². The van der Waals surface area contributed by atoms with E-state index in [0.717, 1.165) is 24.9 Å². The number of nitrogens with zero attached hydrogens (tertiary/aromatic N) is 1. The van der Waals surface area contributed by atoms with Gasteiger partial charge in [-0.05, 0) is 43.7 Å². The summed E-state index contributed by atoms with van der Waals surface area (Å²) >= 11 is 0. The van der Waals surface area contributed by atoms with E-state index < -0.39 is 0 Å². The first-order chi connectivity index (χ1) is 7.22. The second-order valence-electron chi connectivity index (χ2n) is 4.13. The molecule has 1 aliphatic heterocycles. The Morgan fingerprint density at radius 3 is 3.07 bits per heavy atom. The summed E-state index contributed by atoms with van der Waals surface area (Å²) in [7, 11) is 4.05. The molecule has 0 saturated carbocycles. The van der Waals surface area contributed by atoms with Crippen LogP contribution in [0.1, 0.15) is 12.0 Å². The Morgan fingerprint density at radius 2 is 2.33 bits per heavy atom. The van der Waals surface area contributed by atoms with Crippen molar-refractivity contribution < 1.29 is 4.39 Å². The molecule has 1 aromatic carbocycles. The molecular formula is C12H17FN2. The zero-order valence-electron chi connectivity index (χ0n) is 9.26. The molecule has 0 amide bonds. The highest BCUT2D eigenvalue weighted by Gasteiger charge is 2.22. The van der Waals surface area contributed by atoms with Gasteiger partial charge in [0.2, 0.25) is 0 Å². The van der Waals surface area contributed by atoms with Crippen LogP contribution in [0.2, 0.25) is 0 Å². The molecule has 1 aromatic rings. The normalized spacial score (nSPS) is 20.2. The summed E-state index contributed by atoms with van der Waals surface area (Å²) in [5.74, 6) is -0.130. The lowest BCUT2D eigenvalue weighted by Gasteiger charge is -2.36. The first kappa shape index (κ1) is 10.4. The van der Waals surface area contributed by atoms with Gasteiger partial charge in [0.15, 0.2) is 0 Å². The van der Waals surface area contributed by atoms with Crippen molar-refractivity contribution in [3.63, 3.8) is 0 Å². The lowest BCUT2D eigenvalue weighted by atomic mass is 9.96. The summed E-state index contributed by atoms with van der Waals surface area (Å²) in [6.07, 6.45) is 2.07. The van der Waals surface area contributed by atoms with Gasteiger partial charge in [-0.1, -0.05) is 0 Å². The largest absolute Gasteiger partial charge is 0.370 e. The summed E-state index contributed by atoms with van der Waals surface area (Å²) in [6.45, 7) is 0.979.